The average Bonchev–Trinajstić information content (AvgIpc) is 2.38. The van der Waals surface area contributed by atoms with Gasteiger partial charge in [0.15, 0.2) is 0 Å². The summed E-state index contributed by atoms with van der Waals surface area (Å²) in [7, 11) is 0. The number of esters is 2. The van der Waals surface area contributed by atoms with Crippen molar-refractivity contribution in [2.24, 2.45) is 0 Å². The molecule has 0 aliphatic rings. The first kappa shape index (κ1) is 18.9. The van der Waals surface area contributed by atoms with E-state index in [0.717, 1.165) is 32.1 Å². The van der Waals surface area contributed by atoms with Gasteiger partial charge in [-0.15, -0.1) is 0 Å². The molecule has 0 aromatic heterocycles. The Morgan fingerprint density at radius 1 is 0.842 bits per heavy atom. The van der Waals surface area contributed by atoms with E-state index >= 15 is 0 Å². The summed E-state index contributed by atoms with van der Waals surface area (Å²) >= 11 is 6.62. The van der Waals surface area contributed by atoms with Gasteiger partial charge in [0, 0.05) is 0 Å². The average molecular weight is 402 g/mol. The van der Waals surface area contributed by atoms with Crippen molar-refractivity contribution in [1.29, 1.82) is 0 Å². The van der Waals surface area contributed by atoms with Gasteiger partial charge in [-0.1, -0.05) is 51.1 Å². The molecule has 0 saturated heterocycles. The fourth-order valence-electron chi connectivity index (χ4n) is 1.52. The molecule has 0 heterocycles. The summed E-state index contributed by atoms with van der Waals surface area (Å²) in [6.45, 7) is 4.41. The topological polar surface area (TPSA) is 52.6 Å². The van der Waals surface area contributed by atoms with E-state index in [9.17, 15) is 9.59 Å². The first-order chi connectivity index (χ1) is 9.02. The standard InChI is InChI=1S/C13H22Br2O4/c1-3-18-12(16)10(14)8-6-5-7-9-11(15)13(17)19-4-2/h10-11H,3-9H2,1-2H3. The van der Waals surface area contributed by atoms with E-state index in [1.165, 1.54) is 0 Å². The van der Waals surface area contributed by atoms with Gasteiger partial charge >= 0.3 is 11.9 Å². The second kappa shape index (κ2) is 11.7. The Labute approximate surface area is 131 Å². The van der Waals surface area contributed by atoms with Crippen LogP contribution in [-0.4, -0.2) is 34.8 Å². The van der Waals surface area contributed by atoms with Crippen molar-refractivity contribution >= 4 is 43.8 Å². The maximum Gasteiger partial charge on any atom is 0.319 e. The molecular weight excluding hydrogens is 380 g/mol. The molecule has 0 fully saturated rings. The maximum absolute atomic E-state index is 11.3. The zero-order chi connectivity index (χ0) is 14.7. The predicted molar refractivity (Wildman–Crippen MR) is 81.8 cm³/mol. The lowest BCUT2D eigenvalue weighted by Gasteiger charge is -2.10. The summed E-state index contributed by atoms with van der Waals surface area (Å²) in [5, 5.41) is 0. The van der Waals surface area contributed by atoms with Crippen molar-refractivity contribution in [2.45, 2.75) is 55.6 Å². The van der Waals surface area contributed by atoms with Gasteiger partial charge in [-0.2, -0.15) is 0 Å². The van der Waals surface area contributed by atoms with Crippen LogP contribution >= 0.6 is 31.9 Å². The van der Waals surface area contributed by atoms with Crippen LogP contribution in [0.25, 0.3) is 0 Å². The second-order valence-electron chi connectivity index (χ2n) is 4.08. The molecule has 0 aliphatic heterocycles. The molecule has 0 aliphatic carbocycles. The van der Waals surface area contributed by atoms with Crippen molar-refractivity contribution in [3.05, 3.63) is 0 Å². The molecule has 4 nitrogen and oxygen atoms in total. The summed E-state index contributed by atoms with van der Waals surface area (Å²) in [4.78, 5) is 22.2. The van der Waals surface area contributed by atoms with Crippen LogP contribution in [0, 0.1) is 0 Å². The number of carbonyl (C=O) groups is 2. The van der Waals surface area contributed by atoms with Gasteiger partial charge < -0.3 is 9.47 Å². The van der Waals surface area contributed by atoms with Gasteiger partial charge in [-0.05, 0) is 26.7 Å². The van der Waals surface area contributed by atoms with Gasteiger partial charge in [-0.3, -0.25) is 9.59 Å². The highest BCUT2D eigenvalue weighted by molar-refractivity contribution is 9.10. The SMILES string of the molecule is CCOC(=O)C(Br)CCCCCC(Br)C(=O)OCC. The zero-order valence-corrected chi connectivity index (χ0v) is 14.7. The molecule has 0 aromatic rings. The first-order valence-electron chi connectivity index (χ1n) is 6.64. The number of carbonyl (C=O) groups excluding carboxylic acids is 2. The summed E-state index contributed by atoms with van der Waals surface area (Å²) in [6, 6.07) is 0. The minimum atomic E-state index is -0.225. The molecule has 0 N–H and O–H groups in total. The molecule has 0 bridgehead atoms. The van der Waals surface area contributed by atoms with E-state index in [4.69, 9.17) is 9.47 Å². The molecule has 0 radical (unpaired) electrons. The number of hydrogen-bond donors (Lipinski definition) is 0. The van der Waals surface area contributed by atoms with E-state index in [1.54, 1.807) is 13.8 Å². The largest absolute Gasteiger partial charge is 0.465 e. The Kier molecular flexibility index (Phi) is 11.6. The van der Waals surface area contributed by atoms with Crippen molar-refractivity contribution in [3.8, 4) is 0 Å². The smallest absolute Gasteiger partial charge is 0.319 e. The molecule has 0 aromatic carbocycles. The number of alkyl halides is 2. The molecule has 0 amide bonds. The van der Waals surface area contributed by atoms with E-state index in [-0.39, 0.29) is 21.6 Å². The Bertz CT molecular complexity index is 245. The summed E-state index contributed by atoms with van der Waals surface area (Å²) in [5.74, 6) is -0.403. The lowest BCUT2D eigenvalue weighted by molar-refractivity contribution is -0.143. The lowest BCUT2D eigenvalue weighted by Crippen LogP contribution is -2.18. The van der Waals surface area contributed by atoms with Crippen LogP contribution in [0.1, 0.15) is 46.0 Å². The van der Waals surface area contributed by atoms with Gasteiger partial charge in [0.1, 0.15) is 9.65 Å². The Balaban J connectivity index is 3.59. The number of halogens is 2. The van der Waals surface area contributed by atoms with Gasteiger partial charge in [0.05, 0.1) is 13.2 Å². The Hall–Kier alpha value is -0.100. The van der Waals surface area contributed by atoms with Gasteiger partial charge in [0.25, 0.3) is 0 Å². The highest BCUT2D eigenvalue weighted by atomic mass is 79.9. The van der Waals surface area contributed by atoms with E-state index < -0.39 is 0 Å². The molecule has 2 unspecified atom stereocenters. The highest BCUT2D eigenvalue weighted by Gasteiger charge is 2.17. The summed E-state index contributed by atoms with van der Waals surface area (Å²) < 4.78 is 9.81. The van der Waals surface area contributed by atoms with E-state index in [1.807, 2.05) is 0 Å². The van der Waals surface area contributed by atoms with Crippen LogP contribution in [0.15, 0.2) is 0 Å². The fourth-order valence-corrected chi connectivity index (χ4v) is 2.44. The van der Waals surface area contributed by atoms with Crippen molar-refractivity contribution in [3.63, 3.8) is 0 Å². The molecule has 0 spiro atoms. The van der Waals surface area contributed by atoms with E-state index in [2.05, 4.69) is 31.9 Å². The summed E-state index contributed by atoms with van der Waals surface area (Å²) in [6.07, 6.45) is 4.34. The molecule has 112 valence electrons. The van der Waals surface area contributed by atoms with Gasteiger partial charge in [-0.25, -0.2) is 0 Å². The van der Waals surface area contributed by atoms with Crippen LogP contribution in [0.5, 0.6) is 0 Å². The van der Waals surface area contributed by atoms with Crippen LogP contribution in [0.2, 0.25) is 0 Å². The van der Waals surface area contributed by atoms with Gasteiger partial charge in [0.2, 0.25) is 0 Å². The third kappa shape index (κ3) is 9.44. The van der Waals surface area contributed by atoms with Crippen LogP contribution in [-0.2, 0) is 19.1 Å². The molecule has 19 heavy (non-hydrogen) atoms. The monoisotopic (exact) mass is 400 g/mol. The number of hydrogen-bond acceptors (Lipinski definition) is 4. The Morgan fingerprint density at radius 3 is 1.53 bits per heavy atom. The van der Waals surface area contributed by atoms with Crippen LogP contribution < -0.4 is 0 Å². The normalized spacial score (nSPS) is 13.7. The van der Waals surface area contributed by atoms with Crippen molar-refractivity contribution < 1.29 is 19.1 Å². The zero-order valence-electron chi connectivity index (χ0n) is 11.5. The lowest BCUT2D eigenvalue weighted by atomic mass is 10.1. The highest BCUT2D eigenvalue weighted by Crippen LogP contribution is 2.16. The minimum absolute atomic E-state index is 0.201. The van der Waals surface area contributed by atoms with E-state index in [0.29, 0.717) is 13.2 Å². The molecule has 6 heteroatoms. The van der Waals surface area contributed by atoms with Crippen LogP contribution in [0.3, 0.4) is 0 Å². The fraction of sp³-hybridized carbons (Fsp3) is 0.846. The molecule has 0 saturated carbocycles. The number of ether oxygens (including phenoxy) is 2. The Morgan fingerprint density at radius 2 is 1.21 bits per heavy atom. The molecule has 0 rings (SSSR count). The third-order valence-corrected chi connectivity index (χ3v) is 4.16. The molecule has 2 atom stereocenters. The number of unbranched alkanes of at least 4 members (excludes halogenated alkanes) is 2. The summed E-state index contributed by atoms with van der Waals surface area (Å²) in [5.41, 5.74) is 0. The van der Waals surface area contributed by atoms with Crippen molar-refractivity contribution in [1.82, 2.24) is 0 Å². The maximum atomic E-state index is 11.3. The van der Waals surface area contributed by atoms with Crippen molar-refractivity contribution in [2.75, 3.05) is 13.2 Å². The predicted octanol–water partition coefficient (Wildman–Crippen LogP) is 3.59. The molecular formula is C13H22Br2O4. The third-order valence-electron chi connectivity index (χ3n) is 2.50. The first-order valence-corrected chi connectivity index (χ1v) is 8.47. The number of rotatable bonds is 10. The second-order valence-corrected chi connectivity index (χ2v) is 6.29. The van der Waals surface area contributed by atoms with Crippen LogP contribution in [0.4, 0.5) is 0 Å². The quantitative estimate of drug-likeness (QED) is 0.319. The minimum Gasteiger partial charge on any atom is -0.465 e.